The van der Waals surface area contributed by atoms with Gasteiger partial charge in [-0.2, -0.15) is 0 Å². The molecule has 0 saturated carbocycles. The van der Waals surface area contributed by atoms with E-state index in [1.54, 1.807) is 7.11 Å². The van der Waals surface area contributed by atoms with Crippen molar-refractivity contribution >= 4 is 33.1 Å². The third-order valence-corrected chi connectivity index (χ3v) is 5.25. The van der Waals surface area contributed by atoms with Crippen LogP contribution in [-0.4, -0.2) is 47.2 Å². The topological polar surface area (TPSA) is 43.2 Å². The van der Waals surface area contributed by atoms with Crippen molar-refractivity contribution in [2.24, 2.45) is 0 Å². The SMILES string of the molecule is COc1ccc2c(c1)c1nc3cc(C)c(C)cc3nc1n2CCCN(C)C. The van der Waals surface area contributed by atoms with Crippen molar-refractivity contribution in [3.8, 4) is 5.75 Å². The maximum absolute atomic E-state index is 5.45. The maximum Gasteiger partial charge on any atom is 0.160 e. The molecule has 0 atom stereocenters. The molecule has 0 aliphatic heterocycles. The summed E-state index contributed by atoms with van der Waals surface area (Å²) in [4.78, 5) is 12.2. The first-order valence-electron chi connectivity index (χ1n) is 9.37. The summed E-state index contributed by atoms with van der Waals surface area (Å²) in [6, 6.07) is 10.5. The molecule has 5 nitrogen and oxygen atoms in total. The molecule has 2 aromatic heterocycles. The van der Waals surface area contributed by atoms with E-state index < -0.39 is 0 Å². The lowest BCUT2D eigenvalue weighted by molar-refractivity contribution is 0.389. The smallest absolute Gasteiger partial charge is 0.160 e. The highest BCUT2D eigenvalue weighted by atomic mass is 16.5. The molecule has 2 aromatic carbocycles. The van der Waals surface area contributed by atoms with Gasteiger partial charge in [0, 0.05) is 11.9 Å². The molecule has 0 aliphatic carbocycles. The fraction of sp³-hybridized carbons (Fsp3) is 0.364. The van der Waals surface area contributed by atoms with Gasteiger partial charge in [-0.25, -0.2) is 9.97 Å². The highest BCUT2D eigenvalue weighted by molar-refractivity contribution is 6.07. The molecular formula is C22H26N4O. The molecule has 0 radical (unpaired) electrons. The Hall–Kier alpha value is -2.66. The van der Waals surface area contributed by atoms with Gasteiger partial charge in [0.2, 0.25) is 0 Å². The maximum atomic E-state index is 5.45. The minimum Gasteiger partial charge on any atom is -0.497 e. The monoisotopic (exact) mass is 362 g/mol. The van der Waals surface area contributed by atoms with Crippen LogP contribution in [0.4, 0.5) is 0 Å². The summed E-state index contributed by atoms with van der Waals surface area (Å²) in [7, 11) is 5.91. The van der Waals surface area contributed by atoms with Crippen LogP contribution in [0, 0.1) is 13.8 Å². The van der Waals surface area contributed by atoms with Gasteiger partial charge in [0.25, 0.3) is 0 Å². The van der Waals surface area contributed by atoms with E-state index in [1.165, 1.54) is 11.1 Å². The van der Waals surface area contributed by atoms with E-state index in [1.807, 2.05) is 6.07 Å². The average molecular weight is 362 g/mol. The second-order valence-corrected chi connectivity index (χ2v) is 7.51. The highest BCUT2D eigenvalue weighted by Crippen LogP contribution is 2.31. The summed E-state index contributed by atoms with van der Waals surface area (Å²) >= 11 is 0. The molecule has 2 heterocycles. The van der Waals surface area contributed by atoms with Gasteiger partial charge in [-0.05, 0) is 82.4 Å². The summed E-state index contributed by atoms with van der Waals surface area (Å²) in [5.74, 6) is 0.844. The van der Waals surface area contributed by atoms with Crippen LogP contribution in [-0.2, 0) is 6.54 Å². The third kappa shape index (κ3) is 3.12. The van der Waals surface area contributed by atoms with Crippen LogP contribution in [0.1, 0.15) is 17.5 Å². The van der Waals surface area contributed by atoms with Gasteiger partial charge in [-0.15, -0.1) is 0 Å². The lowest BCUT2D eigenvalue weighted by atomic mass is 10.1. The summed E-state index contributed by atoms with van der Waals surface area (Å²) < 4.78 is 7.75. The Bertz CT molecular complexity index is 1140. The number of nitrogens with zero attached hydrogens (tertiary/aromatic N) is 4. The highest BCUT2D eigenvalue weighted by Gasteiger charge is 2.16. The summed E-state index contributed by atoms with van der Waals surface area (Å²) in [6.45, 7) is 6.19. The number of aromatic nitrogens is 3. The Kier molecular flexibility index (Phi) is 4.48. The number of ether oxygens (including phenoxy) is 1. The van der Waals surface area contributed by atoms with Crippen LogP contribution in [0.15, 0.2) is 30.3 Å². The number of benzene rings is 2. The summed E-state index contributed by atoms with van der Waals surface area (Å²) in [6.07, 6.45) is 1.06. The van der Waals surface area contributed by atoms with Crippen molar-refractivity contribution in [2.75, 3.05) is 27.7 Å². The molecule has 0 bridgehead atoms. The molecule has 0 amide bonds. The first-order chi connectivity index (χ1) is 13.0. The summed E-state index contributed by atoms with van der Waals surface area (Å²) in [5, 5.41) is 1.10. The fourth-order valence-corrected chi connectivity index (χ4v) is 3.62. The molecule has 0 fully saturated rings. The first kappa shape index (κ1) is 17.7. The van der Waals surface area contributed by atoms with Crippen LogP contribution in [0.25, 0.3) is 33.1 Å². The minimum absolute atomic E-state index is 0.844. The molecule has 5 heteroatoms. The number of hydrogen-bond donors (Lipinski definition) is 0. The first-order valence-corrected chi connectivity index (χ1v) is 9.37. The van der Waals surface area contributed by atoms with Crippen molar-refractivity contribution in [3.63, 3.8) is 0 Å². The quantitative estimate of drug-likeness (QED) is 0.530. The molecule has 0 unspecified atom stereocenters. The van der Waals surface area contributed by atoms with Crippen molar-refractivity contribution in [1.29, 1.82) is 0 Å². The van der Waals surface area contributed by atoms with Crippen LogP contribution in [0.5, 0.6) is 5.75 Å². The van der Waals surface area contributed by atoms with Crippen molar-refractivity contribution in [2.45, 2.75) is 26.8 Å². The van der Waals surface area contributed by atoms with Gasteiger partial charge < -0.3 is 14.2 Å². The van der Waals surface area contributed by atoms with E-state index >= 15 is 0 Å². The Morgan fingerprint density at radius 2 is 1.70 bits per heavy atom. The van der Waals surface area contributed by atoms with Crippen molar-refractivity contribution < 1.29 is 4.74 Å². The standard InChI is InChI=1S/C22H26N4O/c1-14-11-18-19(12-15(14)2)24-22-21(23-18)17-13-16(27-5)7-8-20(17)26(22)10-6-9-25(3)4/h7-8,11-13H,6,9-10H2,1-5H3. The molecule has 140 valence electrons. The predicted molar refractivity (Wildman–Crippen MR) is 112 cm³/mol. The molecule has 0 aliphatic rings. The zero-order valence-corrected chi connectivity index (χ0v) is 16.7. The van der Waals surface area contributed by atoms with Crippen molar-refractivity contribution in [3.05, 3.63) is 41.5 Å². The van der Waals surface area contributed by atoms with Crippen LogP contribution in [0.3, 0.4) is 0 Å². The number of fused-ring (bicyclic) bond motifs is 4. The van der Waals surface area contributed by atoms with E-state index in [0.29, 0.717) is 0 Å². The average Bonchev–Trinajstić information content (AvgIpc) is 2.93. The number of aryl methyl sites for hydroxylation is 3. The number of hydrogen-bond acceptors (Lipinski definition) is 4. The van der Waals surface area contributed by atoms with Gasteiger partial charge in [-0.1, -0.05) is 0 Å². The second-order valence-electron chi connectivity index (χ2n) is 7.51. The number of methoxy groups -OCH3 is 1. The summed E-state index contributed by atoms with van der Waals surface area (Å²) in [5.41, 5.74) is 7.44. The van der Waals surface area contributed by atoms with E-state index in [-0.39, 0.29) is 0 Å². The van der Waals surface area contributed by atoms with Gasteiger partial charge in [-0.3, -0.25) is 0 Å². The molecule has 0 spiro atoms. The Morgan fingerprint density at radius 1 is 1.00 bits per heavy atom. The normalized spacial score (nSPS) is 11.9. The Labute approximate surface area is 159 Å². The molecule has 0 N–H and O–H groups in total. The number of rotatable bonds is 5. The van der Waals surface area contributed by atoms with Crippen LogP contribution < -0.4 is 4.74 Å². The van der Waals surface area contributed by atoms with E-state index in [0.717, 1.165) is 58.4 Å². The lowest BCUT2D eigenvalue weighted by Gasteiger charge is -2.11. The van der Waals surface area contributed by atoms with Gasteiger partial charge >= 0.3 is 0 Å². The molecule has 4 rings (SSSR count). The van der Waals surface area contributed by atoms with Crippen LogP contribution >= 0.6 is 0 Å². The fourth-order valence-electron chi connectivity index (χ4n) is 3.62. The molecule has 27 heavy (non-hydrogen) atoms. The second kappa shape index (κ2) is 6.82. The molecule has 4 aromatic rings. The van der Waals surface area contributed by atoms with E-state index in [9.17, 15) is 0 Å². The zero-order chi connectivity index (χ0) is 19.1. The van der Waals surface area contributed by atoms with E-state index in [2.05, 4.69) is 61.7 Å². The lowest BCUT2D eigenvalue weighted by Crippen LogP contribution is -2.15. The minimum atomic E-state index is 0.844. The predicted octanol–water partition coefficient (Wildman–Crippen LogP) is 4.31. The third-order valence-electron chi connectivity index (χ3n) is 5.25. The van der Waals surface area contributed by atoms with Gasteiger partial charge in [0.15, 0.2) is 5.65 Å². The molecular weight excluding hydrogens is 336 g/mol. The molecule has 0 saturated heterocycles. The van der Waals surface area contributed by atoms with Crippen LogP contribution in [0.2, 0.25) is 0 Å². The van der Waals surface area contributed by atoms with Crippen molar-refractivity contribution in [1.82, 2.24) is 19.4 Å². The van der Waals surface area contributed by atoms with Gasteiger partial charge in [0.1, 0.15) is 11.3 Å². The largest absolute Gasteiger partial charge is 0.497 e. The Balaban J connectivity index is 1.99. The zero-order valence-electron chi connectivity index (χ0n) is 16.7. The van der Waals surface area contributed by atoms with Gasteiger partial charge in [0.05, 0.1) is 23.7 Å². The van der Waals surface area contributed by atoms with E-state index in [4.69, 9.17) is 14.7 Å². The Morgan fingerprint density at radius 3 is 2.37 bits per heavy atom.